The average molecular weight is 369 g/mol. The van der Waals surface area contributed by atoms with Crippen LogP contribution in [0.15, 0.2) is 46.1 Å². The van der Waals surface area contributed by atoms with Gasteiger partial charge in [0, 0.05) is 24.4 Å². The molecule has 1 aromatic carbocycles. The number of nitrogens with two attached hydrogens (primary N) is 1. The van der Waals surface area contributed by atoms with Gasteiger partial charge in [0.1, 0.15) is 5.82 Å². The van der Waals surface area contributed by atoms with Gasteiger partial charge in [-0.1, -0.05) is 42.1 Å². The molecule has 3 aromatic rings. The van der Waals surface area contributed by atoms with E-state index in [1.807, 2.05) is 34.9 Å². The van der Waals surface area contributed by atoms with Gasteiger partial charge in [0.2, 0.25) is 11.8 Å². The fourth-order valence-corrected chi connectivity index (χ4v) is 3.55. The summed E-state index contributed by atoms with van der Waals surface area (Å²) >= 11 is 1.51. The average Bonchev–Trinajstić information content (AvgIpc) is 3.24. The van der Waals surface area contributed by atoms with Crippen molar-refractivity contribution in [2.24, 2.45) is 5.73 Å². The molecule has 4 rings (SSSR count). The third-order valence-electron chi connectivity index (χ3n) is 4.21. The Hall–Kier alpha value is -2.61. The highest BCUT2D eigenvalue weighted by molar-refractivity contribution is 7.98. The zero-order valence-corrected chi connectivity index (χ0v) is 15.0. The number of hydrogen-bond donors (Lipinski definition) is 1. The van der Waals surface area contributed by atoms with E-state index in [-0.39, 0.29) is 12.3 Å². The number of aromatic nitrogens is 4. The molecule has 7 nitrogen and oxygen atoms in total. The highest BCUT2D eigenvalue weighted by Gasteiger charge is 2.30. The maximum Gasteiger partial charge on any atom is 0.219 e. The van der Waals surface area contributed by atoms with E-state index in [4.69, 9.17) is 10.2 Å². The molecule has 1 aliphatic rings. The second kappa shape index (κ2) is 7.33. The maximum absolute atomic E-state index is 11.2. The van der Waals surface area contributed by atoms with Crippen LogP contribution in [0.1, 0.15) is 36.9 Å². The second-order valence-electron chi connectivity index (χ2n) is 6.26. The quantitative estimate of drug-likeness (QED) is 0.613. The van der Waals surface area contributed by atoms with Gasteiger partial charge in [0.05, 0.1) is 11.9 Å². The number of rotatable bonds is 8. The lowest BCUT2D eigenvalue weighted by Crippen LogP contribution is -2.15. The van der Waals surface area contributed by atoms with Crippen molar-refractivity contribution in [3.05, 3.63) is 48.2 Å². The van der Waals surface area contributed by atoms with Gasteiger partial charge in [-0.05, 0) is 12.8 Å². The molecular formula is C18H19N5O2S. The SMILES string of the molecule is NC(=O)CCn1c(SCc2ncc(-c3ccccc3)o2)nnc1C1CC1. The van der Waals surface area contributed by atoms with E-state index < -0.39 is 0 Å². The lowest BCUT2D eigenvalue weighted by Gasteiger charge is -2.07. The molecule has 2 N–H and O–H groups in total. The van der Waals surface area contributed by atoms with Gasteiger partial charge >= 0.3 is 0 Å². The van der Waals surface area contributed by atoms with Crippen LogP contribution in [-0.2, 0) is 17.1 Å². The third kappa shape index (κ3) is 3.80. The number of benzene rings is 1. The number of thioether (sulfide) groups is 1. The monoisotopic (exact) mass is 369 g/mol. The molecule has 1 aliphatic carbocycles. The zero-order chi connectivity index (χ0) is 17.9. The van der Waals surface area contributed by atoms with Crippen LogP contribution in [0.4, 0.5) is 0 Å². The summed E-state index contributed by atoms with van der Waals surface area (Å²) < 4.78 is 7.84. The lowest BCUT2D eigenvalue weighted by molar-refractivity contribution is -0.118. The second-order valence-corrected chi connectivity index (χ2v) is 7.20. The van der Waals surface area contributed by atoms with Crippen molar-refractivity contribution < 1.29 is 9.21 Å². The maximum atomic E-state index is 11.2. The molecule has 0 saturated heterocycles. The van der Waals surface area contributed by atoms with Crippen LogP contribution in [0.2, 0.25) is 0 Å². The van der Waals surface area contributed by atoms with Crippen LogP contribution < -0.4 is 5.73 Å². The van der Waals surface area contributed by atoms with Crippen LogP contribution in [0.25, 0.3) is 11.3 Å². The number of nitrogens with zero attached hydrogens (tertiary/aromatic N) is 4. The van der Waals surface area contributed by atoms with Gasteiger partial charge in [-0.25, -0.2) is 4.98 Å². The van der Waals surface area contributed by atoms with E-state index in [1.54, 1.807) is 6.20 Å². The third-order valence-corrected chi connectivity index (χ3v) is 5.16. The number of hydrogen-bond acceptors (Lipinski definition) is 6. The lowest BCUT2D eigenvalue weighted by atomic mass is 10.2. The molecule has 1 fully saturated rings. The van der Waals surface area contributed by atoms with E-state index in [0.29, 0.717) is 24.1 Å². The predicted molar refractivity (Wildman–Crippen MR) is 97.3 cm³/mol. The molecule has 26 heavy (non-hydrogen) atoms. The van der Waals surface area contributed by atoms with E-state index in [0.717, 1.165) is 35.1 Å². The number of carbonyl (C=O) groups is 1. The Morgan fingerprint density at radius 2 is 2.08 bits per heavy atom. The summed E-state index contributed by atoms with van der Waals surface area (Å²) in [6.45, 7) is 0.511. The Morgan fingerprint density at radius 3 is 2.81 bits per heavy atom. The molecule has 1 amide bonds. The predicted octanol–water partition coefficient (Wildman–Crippen LogP) is 2.98. The molecule has 1 saturated carbocycles. The molecule has 0 unspecified atom stereocenters. The van der Waals surface area contributed by atoms with Crippen molar-refractivity contribution in [1.82, 2.24) is 19.7 Å². The van der Waals surface area contributed by atoms with E-state index >= 15 is 0 Å². The fourth-order valence-electron chi connectivity index (χ4n) is 2.72. The van der Waals surface area contributed by atoms with Gasteiger partial charge < -0.3 is 14.7 Å². The topological polar surface area (TPSA) is 99.8 Å². The van der Waals surface area contributed by atoms with Crippen molar-refractivity contribution in [2.75, 3.05) is 0 Å². The van der Waals surface area contributed by atoms with Gasteiger partial charge in [0.25, 0.3) is 0 Å². The first-order chi connectivity index (χ1) is 12.7. The first kappa shape index (κ1) is 16.8. The Balaban J connectivity index is 1.46. The van der Waals surface area contributed by atoms with Crippen LogP contribution in [0.5, 0.6) is 0 Å². The summed E-state index contributed by atoms with van der Waals surface area (Å²) in [5.41, 5.74) is 6.30. The summed E-state index contributed by atoms with van der Waals surface area (Å²) in [5.74, 6) is 3.01. The number of primary amides is 1. The van der Waals surface area contributed by atoms with E-state index in [1.165, 1.54) is 11.8 Å². The van der Waals surface area contributed by atoms with Crippen molar-refractivity contribution in [3.63, 3.8) is 0 Å². The minimum Gasteiger partial charge on any atom is -0.440 e. The standard InChI is InChI=1S/C18H19N5O2S/c19-15(24)8-9-23-17(13-6-7-13)21-22-18(23)26-11-16-20-10-14(25-16)12-4-2-1-3-5-12/h1-5,10,13H,6-9,11H2,(H2,19,24). The summed E-state index contributed by atoms with van der Waals surface area (Å²) in [7, 11) is 0. The molecule has 8 heteroatoms. The summed E-state index contributed by atoms with van der Waals surface area (Å²) in [4.78, 5) is 15.5. The molecule has 2 aromatic heterocycles. The zero-order valence-electron chi connectivity index (χ0n) is 14.2. The molecule has 0 radical (unpaired) electrons. The molecule has 2 heterocycles. The van der Waals surface area contributed by atoms with E-state index in [9.17, 15) is 4.79 Å². The minimum atomic E-state index is -0.323. The Bertz CT molecular complexity index is 901. The van der Waals surface area contributed by atoms with Gasteiger partial charge in [-0.3, -0.25) is 4.79 Å². The van der Waals surface area contributed by atoms with Crippen molar-refractivity contribution in [1.29, 1.82) is 0 Å². The normalized spacial score (nSPS) is 13.8. The Morgan fingerprint density at radius 1 is 1.27 bits per heavy atom. The minimum absolute atomic E-state index is 0.280. The fraction of sp³-hybridized carbons (Fsp3) is 0.333. The first-order valence-corrected chi connectivity index (χ1v) is 9.53. The van der Waals surface area contributed by atoms with Crippen molar-refractivity contribution >= 4 is 17.7 Å². The summed E-state index contributed by atoms with van der Waals surface area (Å²) in [5, 5.41) is 9.37. The van der Waals surface area contributed by atoms with Crippen LogP contribution in [-0.4, -0.2) is 25.7 Å². The van der Waals surface area contributed by atoms with Crippen LogP contribution in [0, 0.1) is 0 Å². The van der Waals surface area contributed by atoms with Gasteiger partial charge in [0.15, 0.2) is 10.9 Å². The molecule has 0 atom stereocenters. The smallest absolute Gasteiger partial charge is 0.219 e. The van der Waals surface area contributed by atoms with Crippen LogP contribution in [0.3, 0.4) is 0 Å². The van der Waals surface area contributed by atoms with Crippen molar-refractivity contribution in [3.8, 4) is 11.3 Å². The molecule has 134 valence electrons. The highest BCUT2D eigenvalue weighted by Crippen LogP contribution is 2.40. The van der Waals surface area contributed by atoms with Gasteiger partial charge in [-0.2, -0.15) is 0 Å². The van der Waals surface area contributed by atoms with E-state index in [2.05, 4.69) is 15.2 Å². The van der Waals surface area contributed by atoms with Gasteiger partial charge in [-0.15, -0.1) is 10.2 Å². The molecular weight excluding hydrogens is 350 g/mol. The summed E-state index contributed by atoms with van der Waals surface area (Å²) in [6, 6.07) is 9.87. The Kier molecular flexibility index (Phi) is 4.75. The van der Waals surface area contributed by atoms with Crippen LogP contribution >= 0.6 is 11.8 Å². The van der Waals surface area contributed by atoms with Crippen molar-refractivity contribution in [2.45, 2.75) is 42.6 Å². The largest absolute Gasteiger partial charge is 0.440 e. The summed E-state index contributed by atoms with van der Waals surface area (Å²) in [6.07, 6.45) is 4.26. The Labute approximate surface area is 155 Å². The number of oxazole rings is 1. The molecule has 0 spiro atoms. The number of amides is 1. The molecule has 0 aliphatic heterocycles. The molecule has 0 bridgehead atoms. The first-order valence-electron chi connectivity index (χ1n) is 8.55. The highest BCUT2D eigenvalue weighted by atomic mass is 32.2. The number of carbonyl (C=O) groups excluding carboxylic acids is 1.